The van der Waals surface area contributed by atoms with E-state index in [2.05, 4.69) is 18.2 Å². The SMILES string of the molecule is CC[C@@H](C)[C@@H]1CC(=O)[C@H](C)/C=C(\C)[C@@H](O)[C@@H](OC)C(=O)[C@H](C)C[C@H](C)/C=C\CC/C=C(\C)[C@@H](OC)C[C@@H]2CC[C@@H](C)[C@@](O)(O2)C(=O)C(=O)N2CCCC[C@H]2C(=O)O1. The number of ketones is 3. The summed E-state index contributed by atoms with van der Waals surface area (Å²) in [4.78, 5) is 70.2. The van der Waals surface area contributed by atoms with Crippen molar-refractivity contribution in [3.05, 3.63) is 35.5 Å². The molecule has 0 aromatic heterocycles. The van der Waals surface area contributed by atoms with Gasteiger partial charge in [-0.3, -0.25) is 19.2 Å². The molecule has 1 amide bonds. The molecule has 3 aliphatic rings. The zero-order valence-electron chi connectivity index (χ0n) is 36.2. The van der Waals surface area contributed by atoms with Crippen LogP contribution in [0.25, 0.3) is 0 Å². The summed E-state index contributed by atoms with van der Waals surface area (Å²) >= 11 is 0. The van der Waals surface area contributed by atoms with Crippen molar-refractivity contribution in [3.8, 4) is 0 Å². The molecule has 322 valence electrons. The van der Waals surface area contributed by atoms with Gasteiger partial charge in [-0.1, -0.05) is 72.3 Å². The van der Waals surface area contributed by atoms with E-state index in [1.165, 1.54) is 12.0 Å². The van der Waals surface area contributed by atoms with Crippen LogP contribution in [0.2, 0.25) is 0 Å². The normalized spacial score (nSPS) is 38.6. The summed E-state index contributed by atoms with van der Waals surface area (Å²) < 4.78 is 23.5. The molecule has 2 bridgehead atoms. The molecule has 12 heteroatoms. The van der Waals surface area contributed by atoms with Gasteiger partial charge in [-0.2, -0.15) is 0 Å². The molecule has 12 nitrogen and oxygen atoms in total. The Morgan fingerprint density at radius 1 is 0.947 bits per heavy atom. The highest BCUT2D eigenvalue weighted by Crippen LogP contribution is 2.37. The minimum Gasteiger partial charge on any atom is -0.460 e. The van der Waals surface area contributed by atoms with Crippen LogP contribution in [0.1, 0.15) is 126 Å². The highest BCUT2D eigenvalue weighted by Gasteiger charge is 2.53. The molecule has 2 N–H and O–H groups in total. The highest BCUT2D eigenvalue weighted by molar-refractivity contribution is 6.39. The average molecular weight is 802 g/mol. The molecule has 2 fully saturated rings. The van der Waals surface area contributed by atoms with E-state index in [0.29, 0.717) is 50.5 Å². The van der Waals surface area contributed by atoms with Crippen molar-refractivity contribution >= 4 is 29.2 Å². The Bertz CT molecular complexity index is 1490. The van der Waals surface area contributed by atoms with E-state index >= 15 is 0 Å². The van der Waals surface area contributed by atoms with Crippen LogP contribution in [-0.2, 0) is 42.9 Å². The van der Waals surface area contributed by atoms with Crippen molar-refractivity contribution in [2.45, 2.75) is 168 Å². The zero-order chi connectivity index (χ0) is 42.6. The maximum Gasteiger partial charge on any atom is 0.329 e. The van der Waals surface area contributed by atoms with Crippen LogP contribution in [0.3, 0.4) is 0 Å². The molecule has 0 aromatic rings. The monoisotopic (exact) mass is 802 g/mol. The number of Topliss-reactive ketones (excluding diaryl/α,β-unsaturated/α-hetero) is 3. The first kappa shape index (κ1) is 48.3. The van der Waals surface area contributed by atoms with Gasteiger partial charge in [-0.15, -0.1) is 0 Å². The quantitative estimate of drug-likeness (QED) is 0.188. The van der Waals surface area contributed by atoms with E-state index < -0.39 is 71.7 Å². The molecule has 0 aromatic carbocycles. The summed E-state index contributed by atoms with van der Waals surface area (Å²) in [5.41, 5.74) is 1.40. The average Bonchev–Trinajstić information content (AvgIpc) is 3.19. The van der Waals surface area contributed by atoms with Gasteiger partial charge in [0.25, 0.3) is 11.7 Å². The van der Waals surface area contributed by atoms with Gasteiger partial charge in [0.15, 0.2) is 5.78 Å². The number of nitrogens with zero attached hydrogens (tertiary/aromatic N) is 1. The first-order valence-corrected chi connectivity index (χ1v) is 21.2. The van der Waals surface area contributed by atoms with Gasteiger partial charge < -0.3 is 34.1 Å². The third kappa shape index (κ3) is 12.7. The number of allylic oxidation sites excluding steroid dienone is 4. The number of carbonyl (C=O) groups excluding carboxylic acids is 5. The molecule has 0 spiro atoms. The van der Waals surface area contributed by atoms with Crippen molar-refractivity contribution in [1.82, 2.24) is 4.90 Å². The Morgan fingerprint density at radius 2 is 1.65 bits per heavy atom. The number of aliphatic hydroxyl groups is 2. The molecule has 2 saturated heterocycles. The third-order valence-electron chi connectivity index (χ3n) is 12.5. The lowest BCUT2D eigenvalue weighted by Gasteiger charge is -2.42. The number of hydrogen-bond acceptors (Lipinski definition) is 11. The number of ether oxygens (including phenoxy) is 4. The standard InChI is InChI=1S/C45H71NO11/c1-11-28(3)38-26-36(47)30(5)24-32(7)40(49)41(55-10)39(48)31(6)23-27(2)17-13-12-14-18-29(4)37(54-9)25-34-21-20-33(8)45(53,57-34)42(50)43(51)46-22-16-15-19-35(46)44(52)56-38/h13,17-18,24,27-28,30-31,33-35,37-38,40-41,49,53H,11-12,14-16,19-23,25-26H2,1-10H3/b17-13-,29-18+,32-24+/t27-,28-,30-,31-,33-,34+,35+,37+,38+,40-,41+,45-/m1/s1. The fraction of sp³-hybridized carbons (Fsp3) is 0.756. The first-order valence-electron chi connectivity index (χ1n) is 21.2. The fourth-order valence-corrected chi connectivity index (χ4v) is 8.27. The lowest BCUT2D eigenvalue weighted by atomic mass is 9.85. The lowest BCUT2D eigenvalue weighted by molar-refractivity contribution is -0.265. The molecule has 3 heterocycles. The van der Waals surface area contributed by atoms with Crippen molar-refractivity contribution in [1.29, 1.82) is 0 Å². The number of cyclic esters (lactones) is 1. The summed E-state index contributed by atoms with van der Waals surface area (Å²) in [6.07, 6.45) is 9.17. The van der Waals surface area contributed by atoms with Crippen molar-refractivity contribution in [2.75, 3.05) is 20.8 Å². The Kier molecular flexibility index (Phi) is 19.0. The second-order valence-electron chi connectivity index (χ2n) is 17.0. The van der Waals surface area contributed by atoms with Gasteiger partial charge in [-0.25, -0.2) is 4.79 Å². The number of aliphatic hydroxyl groups excluding tert-OH is 1. The Morgan fingerprint density at radius 3 is 2.30 bits per heavy atom. The molecule has 0 aliphatic carbocycles. The van der Waals surface area contributed by atoms with Crippen molar-refractivity contribution in [3.63, 3.8) is 0 Å². The molecule has 3 aliphatic heterocycles. The zero-order valence-corrected chi connectivity index (χ0v) is 36.2. The van der Waals surface area contributed by atoms with Gasteiger partial charge >= 0.3 is 5.97 Å². The van der Waals surface area contributed by atoms with E-state index in [1.807, 2.05) is 34.6 Å². The molecule has 12 atom stereocenters. The van der Waals surface area contributed by atoms with E-state index in [4.69, 9.17) is 18.9 Å². The van der Waals surface area contributed by atoms with Crippen LogP contribution >= 0.6 is 0 Å². The maximum absolute atomic E-state index is 14.0. The molecular formula is C45H71NO11. The summed E-state index contributed by atoms with van der Waals surface area (Å²) in [5.74, 6) is -7.50. The van der Waals surface area contributed by atoms with Gasteiger partial charge in [0, 0.05) is 51.4 Å². The van der Waals surface area contributed by atoms with E-state index in [9.17, 15) is 34.2 Å². The predicted molar refractivity (Wildman–Crippen MR) is 217 cm³/mol. The van der Waals surface area contributed by atoms with E-state index in [-0.39, 0.29) is 48.9 Å². The molecule has 0 unspecified atom stereocenters. The minimum absolute atomic E-state index is 0.0909. The van der Waals surface area contributed by atoms with Gasteiger partial charge in [0.2, 0.25) is 5.79 Å². The molecule has 0 saturated carbocycles. The number of carbonyl (C=O) groups is 5. The van der Waals surface area contributed by atoms with Crippen LogP contribution in [0.5, 0.6) is 0 Å². The van der Waals surface area contributed by atoms with Crippen LogP contribution < -0.4 is 0 Å². The molecular weight excluding hydrogens is 730 g/mol. The van der Waals surface area contributed by atoms with Gasteiger partial charge in [-0.05, 0) is 88.2 Å². The summed E-state index contributed by atoms with van der Waals surface area (Å²) in [6.45, 7) is 14.8. The fourth-order valence-electron chi connectivity index (χ4n) is 8.27. The molecule has 57 heavy (non-hydrogen) atoms. The smallest absolute Gasteiger partial charge is 0.329 e. The summed E-state index contributed by atoms with van der Waals surface area (Å²) in [5, 5.41) is 23.1. The summed E-state index contributed by atoms with van der Waals surface area (Å²) in [7, 11) is 2.99. The number of esters is 1. The molecule has 0 radical (unpaired) electrons. The topological polar surface area (TPSA) is 166 Å². The van der Waals surface area contributed by atoms with E-state index in [0.717, 1.165) is 18.4 Å². The Balaban J connectivity index is 1.98. The Labute approximate surface area is 340 Å². The largest absolute Gasteiger partial charge is 0.460 e. The van der Waals surface area contributed by atoms with Gasteiger partial charge in [0.1, 0.15) is 30.1 Å². The number of fused-ring (bicyclic) bond motifs is 3. The maximum atomic E-state index is 14.0. The number of methoxy groups -OCH3 is 2. The number of hydrogen-bond donors (Lipinski definition) is 2. The lowest BCUT2D eigenvalue weighted by Crippen LogP contribution is -2.61. The Hall–Kier alpha value is -3.03. The second kappa shape index (κ2) is 22.4. The van der Waals surface area contributed by atoms with E-state index in [1.54, 1.807) is 34.0 Å². The number of rotatable bonds is 4. The third-order valence-corrected chi connectivity index (χ3v) is 12.5. The van der Waals surface area contributed by atoms with Crippen LogP contribution in [0.15, 0.2) is 35.5 Å². The number of amides is 1. The summed E-state index contributed by atoms with van der Waals surface area (Å²) in [6, 6.07) is -1.07. The molecule has 3 rings (SSSR count). The van der Waals surface area contributed by atoms with Crippen molar-refractivity contribution < 1.29 is 53.1 Å². The minimum atomic E-state index is -2.38. The van der Waals surface area contributed by atoms with Crippen molar-refractivity contribution in [2.24, 2.45) is 29.6 Å². The predicted octanol–water partition coefficient (Wildman–Crippen LogP) is 6.25. The first-order chi connectivity index (χ1) is 26.9. The number of piperidine rings is 1. The van der Waals surface area contributed by atoms with Crippen LogP contribution in [0.4, 0.5) is 0 Å². The van der Waals surface area contributed by atoms with Gasteiger partial charge in [0.05, 0.1) is 12.2 Å². The van der Waals surface area contributed by atoms with Crippen LogP contribution in [-0.4, -0.2) is 107 Å². The highest BCUT2D eigenvalue weighted by atomic mass is 16.6. The second-order valence-corrected chi connectivity index (χ2v) is 17.0. The van der Waals surface area contributed by atoms with Crippen LogP contribution in [0, 0.1) is 29.6 Å².